The summed E-state index contributed by atoms with van der Waals surface area (Å²) in [4.78, 5) is 11.7. The van der Waals surface area contributed by atoms with Crippen LogP contribution in [0.15, 0.2) is 34.7 Å². The summed E-state index contributed by atoms with van der Waals surface area (Å²) in [6.07, 6.45) is 0. The second-order valence-corrected chi connectivity index (χ2v) is 3.34. The van der Waals surface area contributed by atoms with E-state index in [0.29, 0.717) is 5.76 Å². The molecule has 0 amide bonds. The lowest BCUT2D eigenvalue weighted by atomic mass is 10.1. The summed E-state index contributed by atoms with van der Waals surface area (Å²) in [5, 5.41) is 0. The van der Waals surface area contributed by atoms with Gasteiger partial charge in [-0.2, -0.15) is 0 Å². The maximum atomic E-state index is 13.3. The lowest BCUT2D eigenvalue weighted by Crippen LogP contribution is -2.04. The average Bonchev–Trinajstić information content (AvgIpc) is 2.68. The van der Waals surface area contributed by atoms with Crippen LogP contribution in [0.5, 0.6) is 0 Å². The van der Waals surface area contributed by atoms with E-state index in [0.717, 1.165) is 6.07 Å². The summed E-state index contributed by atoms with van der Waals surface area (Å²) in [5.74, 6) is -2.32. The molecule has 0 atom stereocenters. The van der Waals surface area contributed by atoms with Crippen molar-refractivity contribution in [2.75, 3.05) is 0 Å². The second-order valence-electron chi connectivity index (χ2n) is 3.34. The fraction of sp³-hybridized carbons (Fsp3) is 0.0833. The Morgan fingerprint density at radius 1 is 1.19 bits per heavy atom. The number of furan rings is 1. The molecule has 2 aromatic rings. The quantitative estimate of drug-likeness (QED) is 0.731. The molecule has 1 heterocycles. The van der Waals surface area contributed by atoms with Crippen molar-refractivity contribution >= 4 is 5.78 Å². The zero-order valence-electron chi connectivity index (χ0n) is 8.46. The Kier molecular flexibility index (Phi) is 2.56. The molecule has 0 aliphatic heterocycles. The van der Waals surface area contributed by atoms with Crippen LogP contribution in [0.1, 0.15) is 21.9 Å². The van der Waals surface area contributed by atoms with E-state index >= 15 is 0 Å². The van der Waals surface area contributed by atoms with E-state index in [4.69, 9.17) is 4.42 Å². The third-order valence-corrected chi connectivity index (χ3v) is 2.16. The van der Waals surface area contributed by atoms with Crippen LogP contribution in [-0.2, 0) is 0 Å². The standard InChI is InChI=1S/C12H8F2O2/c1-7-5-6-10(16-7)12(15)8-3-2-4-9(13)11(8)14/h2-6H,1H3. The molecule has 2 rings (SSSR count). The number of carbonyl (C=O) groups excluding carboxylic acids is 1. The molecule has 0 aliphatic rings. The number of halogens is 2. The van der Waals surface area contributed by atoms with Crippen LogP contribution in [0.3, 0.4) is 0 Å². The van der Waals surface area contributed by atoms with Crippen molar-refractivity contribution in [1.29, 1.82) is 0 Å². The molecule has 0 unspecified atom stereocenters. The van der Waals surface area contributed by atoms with E-state index in [9.17, 15) is 13.6 Å². The lowest BCUT2D eigenvalue weighted by Gasteiger charge is -2.00. The molecule has 0 saturated heterocycles. The molecule has 0 bridgehead atoms. The fourth-order valence-corrected chi connectivity index (χ4v) is 1.37. The Labute approximate surface area is 90.5 Å². The van der Waals surface area contributed by atoms with E-state index in [1.54, 1.807) is 13.0 Å². The van der Waals surface area contributed by atoms with Crippen LogP contribution in [0.4, 0.5) is 8.78 Å². The van der Waals surface area contributed by atoms with Crippen LogP contribution in [0, 0.1) is 18.6 Å². The SMILES string of the molecule is Cc1ccc(C(=O)c2cccc(F)c2F)o1. The largest absolute Gasteiger partial charge is 0.458 e. The third kappa shape index (κ3) is 1.74. The topological polar surface area (TPSA) is 30.2 Å². The number of hydrogen-bond acceptors (Lipinski definition) is 2. The number of rotatable bonds is 2. The summed E-state index contributed by atoms with van der Waals surface area (Å²) in [5.41, 5.74) is -0.325. The molecule has 2 nitrogen and oxygen atoms in total. The first-order valence-electron chi connectivity index (χ1n) is 4.65. The Bertz CT molecular complexity index is 544. The average molecular weight is 222 g/mol. The maximum Gasteiger partial charge on any atom is 0.231 e. The minimum atomic E-state index is -1.15. The number of hydrogen-bond donors (Lipinski definition) is 0. The lowest BCUT2D eigenvalue weighted by molar-refractivity contribution is 0.100. The number of carbonyl (C=O) groups is 1. The van der Waals surface area contributed by atoms with Crippen molar-refractivity contribution in [1.82, 2.24) is 0 Å². The predicted molar refractivity (Wildman–Crippen MR) is 53.2 cm³/mol. The summed E-state index contributed by atoms with van der Waals surface area (Å²) >= 11 is 0. The van der Waals surface area contributed by atoms with Gasteiger partial charge in [0.25, 0.3) is 0 Å². The molecule has 0 N–H and O–H groups in total. The Morgan fingerprint density at radius 2 is 1.94 bits per heavy atom. The molecule has 0 spiro atoms. The molecular formula is C12H8F2O2. The first-order valence-corrected chi connectivity index (χ1v) is 4.65. The monoisotopic (exact) mass is 222 g/mol. The Balaban J connectivity index is 2.45. The first kappa shape index (κ1) is 10.5. The highest BCUT2D eigenvalue weighted by Crippen LogP contribution is 2.17. The maximum absolute atomic E-state index is 13.3. The van der Waals surface area contributed by atoms with Crippen LogP contribution < -0.4 is 0 Å². The van der Waals surface area contributed by atoms with Crippen LogP contribution >= 0.6 is 0 Å². The molecule has 1 aromatic carbocycles. The highest BCUT2D eigenvalue weighted by Gasteiger charge is 2.19. The van der Waals surface area contributed by atoms with Crippen molar-refractivity contribution < 1.29 is 18.0 Å². The number of ketones is 1. The second kappa shape index (κ2) is 3.89. The minimum Gasteiger partial charge on any atom is -0.458 e. The smallest absolute Gasteiger partial charge is 0.231 e. The van der Waals surface area contributed by atoms with Gasteiger partial charge in [0.05, 0.1) is 5.56 Å². The minimum absolute atomic E-state index is 0.00185. The molecule has 0 saturated carbocycles. The van der Waals surface area contributed by atoms with Gasteiger partial charge in [-0.3, -0.25) is 4.79 Å². The van der Waals surface area contributed by atoms with E-state index in [2.05, 4.69) is 0 Å². The van der Waals surface area contributed by atoms with Crippen LogP contribution in [0.25, 0.3) is 0 Å². The molecule has 82 valence electrons. The van der Waals surface area contributed by atoms with Crippen molar-refractivity contribution in [3.8, 4) is 0 Å². The summed E-state index contributed by atoms with van der Waals surface area (Å²) < 4.78 is 31.3. The number of benzene rings is 1. The molecular weight excluding hydrogens is 214 g/mol. The van der Waals surface area contributed by atoms with Crippen molar-refractivity contribution in [2.24, 2.45) is 0 Å². The molecule has 0 radical (unpaired) electrons. The highest BCUT2D eigenvalue weighted by atomic mass is 19.2. The van der Waals surface area contributed by atoms with Gasteiger partial charge < -0.3 is 4.42 Å². The Morgan fingerprint density at radius 3 is 2.56 bits per heavy atom. The summed E-state index contributed by atoms with van der Waals surface area (Å²) in [6, 6.07) is 6.48. The van der Waals surface area contributed by atoms with Crippen molar-refractivity contribution in [3.63, 3.8) is 0 Å². The van der Waals surface area contributed by atoms with Crippen LogP contribution in [0.2, 0.25) is 0 Å². The zero-order valence-corrected chi connectivity index (χ0v) is 8.46. The summed E-state index contributed by atoms with van der Waals surface area (Å²) in [6.45, 7) is 1.67. The van der Waals surface area contributed by atoms with E-state index in [1.807, 2.05) is 0 Å². The Hall–Kier alpha value is -1.97. The first-order chi connectivity index (χ1) is 7.59. The van der Waals surface area contributed by atoms with E-state index in [1.165, 1.54) is 18.2 Å². The molecule has 4 heteroatoms. The van der Waals surface area contributed by atoms with E-state index < -0.39 is 17.4 Å². The zero-order chi connectivity index (χ0) is 11.7. The van der Waals surface area contributed by atoms with Gasteiger partial charge in [-0.1, -0.05) is 6.07 Å². The van der Waals surface area contributed by atoms with Crippen molar-refractivity contribution in [3.05, 3.63) is 59.1 Å². The molecule has 1 aromatic heterocycles. The van der Waals surface area contributed by atoms with Gasteiger partial charge in [0.2, 0.25) is 5.78 Å². The molecule has 0 fully saturated rings. The molecule has 0 aliphatic carbocycles. The van der Waals surface area contributed by atoms with Gasteiger partial charge in [-0.15, -0.1) is 0 Å². The van der Waals surface area contributed by atoms with Crippen molar-refractivity contribution in [2.45, 2.75) is 6.92 Å². The van der Waals surface area contributed by atoms with Gasteiger partial charge in [-0.05, 0) is 31.2 Å². The summed E-state index contributed by atoms with van der Waals surface area (Å²) in [7, 11) is 0. The van der Waals surface area contributed by atoms with Gasteiger partial charge in [0.1, 0.15) is 5.76 Å². The normalized spacial score (nSPS) is 10.4. The molecule has 16 heavy (non-hydrogen) atoms. The fourth-order valence-electron chi connectivity index (χ4n) is 1.37. The van der Waals surface area contributed by atoms with E-state index in [-0.39, 0.29) is 11.3 Å². The van der Waals surface area contributed by atoms with Crippen LogP contribution in [-0.4, -0.2) is 5.78 Å². The van der Waals surface area contributed by atoms with Gasteiger partial charge in [0, 0.05) is 0 Å². The number of aryl methyl sites for hydroxylation is 1. The van der Waals surface area contributed by atoms with Gasteiger partial charge in [0.15, 0.2) is 17.4 Å². The highest BCUT2D eigenvalue weighted by molar-refractivity contribution is 6.07. The predicted octanol–water partition coefficient (Wildman–Crippen LogP) is 3.10. The third-order valence-electron chi connectivity index (χ3n) is 2.16. The van der Waals surface area contributed by atoms with Gasteiger partial charge in [-0.25, -0.2) is 8.78 Å². The van der Waals surface area contributed by atoms with Gasteiger partial charge >= 0.3 is 0 Å².